The number of benzene rings is 2. The molecule has 2 heterocycles. The van der Waals surface area contributed by atoms with E-state index in [0.717, 1.165) is 35.6 Å². The lowest BCUT2D eigenvalue weighted by molar-refractivity contribution is 0.208. The number of H-pyrrole nitrogens is 1. The number of nitrogens with zero attached hydrogens (tertiary/aromatic N) is 2. The Kier molecular flexibility index (Phi) is 4.41. The van der Waals surface area contributed by atoms with E-state index in [1.165, 1.54) is 24.1 Å². The molecule has 0 spiro atoms. The van der Waals surface area contributed by atoms with Gasteiger partial charge in [-0.1, -0.05) is 23.7 Å². The van der Waals surface area contributed by atoms with Crippen LogP contribution in [0, 0.1) is 0 Å². The Labute approximate surface area is 146 Å². The second-order valence-electron chi connectivity index (χ2n) is 6.52. The van der Waals surface area contributed by atoms with Gasteiger partial charge in [0.2, 0.25) is 0 Å². The van der Waals surface area contributed by atoms with Gasteiger partial charge in [-0.15, -0.1) is 0 Å². The molecule has 0 bridgehead atoms. The molecule has 4 nitrogen and oxygen atoms in total. The lowest BCUT2D eigenvalue weighted by atomic mass is 10.0. The SMILES string of the molecule is Clc1cccc(CN2CCCC(Nc3ccc4[nH]ncc4c3)C2)c1. The Bertz CT molecular complexity index is 829. The van der Waals surface area contributed by atoms with E-state index < -0.39 is 0 Å². The molecule has 2 aromatic carbocycles. The number of rotatable bonds is 4. The molecule has 1 fully saturated rings. The van der Waals surface area contributed by atoms with E-state index in [0.29, 0.717) is 6.04 Å². The van der Waals surface area contributed by atoms with Crippen molar-refractivity contribution in [2.45, 2.75) is 25.4 Å². The van der Waals surface area contributed by atoms with Crippen LogP contribution in [0.25, 0.3) is 10.9 Å². The number of fused-ring (bicyclic) bond motifs is 1. The van der Waals surface area contributed by atoms with Crippen molar-refractivity contribution in [2.24, 2.45) is 0 Å². The monoisotopic (exact) mass is 340 g/mol. The van der Waals surface area contributed by atoms with Crippen LogP contribution in [-0.4, -0.2) is 34.2 Å². The maximum Gasteiger partial charge on any atom is 0.0651 e. The van der Waals surface area contributed by atoms with Crippen LogP contribution in [0.4, 0.5) is 5.69 Å². The van der Waals surface area contributed by atoms with Gasteiger partial charge in [-0.05, 0) is 55.3 Å². The molecule has 2 N–H and O–H groups in total. The Morgan fingerprint density at radius 2 is 2.21 bits per heavy atom. The zero-order valence-electron chi connectivity index (χ0n) is 13.5. The maximum atomic E-state index is 6.10. The summed E-state index contributed by atoms with van der Waals surface area (Å²) in [5.41, 5.74) is 3.52. The topological polar surface area (TPSA) is 44.0 Å². The summed E-state index contributed by atoms with van der Waals surface area (Å²) >= 11 is 6.10. The third-order valence-corrected chi connectivity index (χ3v) is 4.85. The van der Waals surface area contributed by atoms with Gasteiger partial charge < -0.3 is 5.32 Å². The van der Waals surface area contributed by atoms with Crippen LogP contribution in [-0.2, 0) is 6.54 Å². The molecule has 124 valence electrons. The highest BCUT2D eigenvalue weighted by molar-refractivity contribution is 6.30. The molecule has 5 heteroatoms. The van der Waals surface area contributed by atoms with Gasteiger partial charge in [0.25, 0.3) is 0 Å². The first-order valence-corrected chi connectivity index (χ1v) is 8.80. The number of aromatic amines is 1. The van der Waals surface area contributed by atoms with Crippen molar-refractivity contribution in [2.75, 3.05) is 18.4 Å². The molecule has 1 atom stereocenters. The number of nitrogens with one attached hydrogen (secondary N) is 2. The number of piperidine rings is 1. The summed E-state index contributed by atoms with van der Waals surface area (Å²) in [6.07, 6.45) is 4.29. The van der Waals surface area contributed by atoms with Crippen molar-refractivity contribution in [1.29, 1.82) is 0 Å². The Hall–Kier alpha value is -2.04. The van der Waals surface area contributed by atoms with Crippen LogP contribution in [0.5, 0.6) is 0 Å². The standard InChI is InChI=1S/C19H21ClN4/c20-16-4-1-3-14(9-16)12-24-8-2-5-18(13-24)22-17-6-7-19-15(10-17)11-21-23-19/h1,3-4,6-7,9-11,18,22H,2,5,8,12-13H2,(H,21,23). The molecule has 1 unspecified atom stereocenters. The minimum absolute atomic E-state index is 0.474. The van der Waals surface area contributed by atoms with E-state index in [1.807, 2.05) is 18.3 Å². The molecular weight excluding hydrogens is 320 g/mol. The maximum absolute atomic E-state index is 6.10. The molecule has 3 aromatic rings. The molecule has 0 aliphatic carbocycles. The van der Waals surface area contributed by atoms with Crippen molar-refractivity contribution >= 4 is 28.2 Å². The lowest BCUT2D eigenvalue weighted by Crippen LogP contribution is -2.41. The van der Waals surface area contributed by atoms with Crippen LogP contribution < -0.4 is 5.32 Å². The Morgan fingerprint density at radius 1 is 1.25 bits per heavy atom. The second-order valence-corrected chi connectivity index (χ2v) is 6.96. The molecule has 0 saturated carbocycles. The van der Waals surface area contributed by atoms with Gasteiger partial charge in [0.05, 0.1) is 11.7 Å². The first kappa shape index (κ1) is 15.5. The third-order valence-electron chi connectivity index (χ3n) is 4.61. The van der Waals surface area contributed by atoms with E-state index >= 15 is 0 Å². The Balaban J connectivity index is 1.40. The minimum Gasteiger partial charge on any atom is -0.381 e. The molecule has 1 aliphatic rings. The van der Waals surface area contributed by atoms with Gasteiger partial charge in [0, 0.05) is 35.2 Å². The van der Waals surface area contributed by atoms with Crippen LogP contribution in [0.15, 0.2) is 48.7 Å². The number of hydrogen-bond donors (Lipinski definition) is 2. The van der Waals surface area contributed by atoms with Crippen LogP contribution >= 0.6 is 11.6 Å². The molecular formula is C19H21ClN4. The summed E-state index contributed by atoms with van der Waals surface area (Å²) < 4.78 is 0. The Morgan fingerprint density at radius 3 is 3.12 bits per heavy atom. The smallest absolute Gasteiger partial charge is 0.0651 e. The number of aromatic nitrogens is 2. The van der Waals surface area contributed by atoms with Gasteiger partial charge in [0.1, 0.15) is 0 Å². The fraction of sp³-hybridized carbons (Fsp3) is 0.316. The van der Waals surface area contributed by atoms with E-state index in [-0.39, 0.29) is 0 Å². The second kappa shape index (κ2) is 6.83. The summed E-state index contributed by atoms with van der Waals surface area (Å²) in [6.45, 7) is 3.15. The van der Waals surface area contributed by atoms with Crippen LogP contribution in [0.2, 0.25) is 5.02 Å². The third kappa shape index (κ3) is 3.55. The van der Waals surface area contributed by atoms with Gasteiger partial charge in [0.15, 0.2) is 0 Å². The summed E-state index contributed by atoms with van der Waals surface area (Å²) in [5, 5.41) is 12.7. The van der Waals surface area contributed by atoms with E-state index in [9.17, 15) is 0 Å². The van der Waals surface area contributed by atoms with E-state index in [4.69, 9.17) is 11.6 Å². The molecule has 0 radical (unpaired) electrons. The van der Waals surface area contributed by atoms with Crippen molar-refractivity contribution in [3.63, 3.8) is 0 Å². The lowest BCUT2D eigenvalue weighted by Gasteiger charge is -2.33. The molecule has 24 heavy (non-hydrogen) atoms. The first-order valence-electron chi connectivity index (χ1n) is 8.43. The fourth-order valence-corrected chi connectivity index (χ4v) is 3.69. The van der Waals surface area contributed by atoms with Gasteiger partial charge in [-0.3, -0.25) is 10.00 Å². The van der Waals surface area contributed by atoms with Gasteiger partial charge in [-0.2, -0.15) is 5.10 Å². The van der Waals surface area contributed by atoms with Crippen molar-refractivity contribution < 1.29 is 0 Å². The average molecular weight is 341 g/mol. The van der Waals surface area contributed by atoms with Gasteiger partial charge in [-0.25, -0.2) is 0 Å². The van der Waals surface area contributed by atoms with Crippen LogP contribution in [0.3, 0.4) is 0 Å². The molecule has 4 rings (SSSR count). The largest absolute Gasteiger partial charge is 0.381 e. The molecule has 0 amide bonds. The number of likely N-dealkylation sites (tertiary alicyclic amines) is 1. The minimum atomic E-state index is 0.474. The summed E-state index contributed by atoms with van der Waals surface area (Å²) in [4.78, 5) is 2.50. The molecule has 1 saturated heterocycles. The summed E-state index contributed by atoms with van der Waals surface area (Å²) in [6, 6.07) is 15.0. The molecule has 1 aliphatic heterocycles. The zero-order chi connectivity index (χ0) is 16.4. The predicted octanol–water partition coefficient (Wildman–Crippen LogP) is 4.29. The highest BCUT2D eigenvalue weighted by atomic mass is 35.5. The predicted molar refractivity (Wildman–Crippen MR) is 99.5 cm³/mol. The first-order chi connectivity index (χ1) is 11.8. The summed E-state index contributed by atoms with van der Waals surface area (Å²) in [5.74, 6) is 0. The fourth-order valence-electron chi connectivity index (χ4n) is 3.48. The number of halogens is 1. The normalized spacial score (nSPS) is 18.8. The highest BCUT2D eigenvalue weighted by Crippen LogP contribution is 2.21. The van der Waals surface area contributed by atoms with E-state index in [1.54, 1.807) is 0 Å². The van der Waals surface area contributed by atoms with Crippen molar-refractivity contribution in [1.82, 2.24) is 15.1 Å². The van der Waals surface area contributed by atoms with Crippen molar-refractivity contribution in [3.8, 4) is 0 Å². The average Bonchev–Trinajstić information content (AvgIpc) is 3.03. The molecule has 1 aromatic heterocycles. The quantitative estimate of drug-likeness (QED) is 0.744. The zero-order valence-corrected chi connectivity index (χ0v) is 14.3. The highest BCUT2D eigenvalue weighted by Gasteiger charge is 2.20. The summed E-state index contributed by atoms with van der Waals surface area (Å²) in [7, 11) is 0. The number of anilines is 1. The van der Waals surface area contributed by atoms with Crippen LogP contribution in [0.1, 0.15) is 18.4 Å². The van der Waals surface area contributed by atoms with Gasteiger partial charge >= 0.3 is 0 Å². The van der Waals surface area contributed by atoms with E-state index in [2.05, 4.69) is 50.7 Å². The van der Waals surface area contributed by atoms with Crippen molar-refractivity contribution in [3.05, 3.63) is 59.2 Å². The number of hydrogen-bond acceptors (Lipinski definition) is 3.